The molecule has 2 aliphatic heterocycles. The molecule has 2 aliphatic rings. The third-order valence-corrected chi connectivity index (χ3v) is 8.42. The number of carbonyl (C=O) groups is 6. The van der Waals surface area contributed by atoms with Crippen LogP contribution >= 0.6 is 24.4 Å². The Morgan fingerprint density at radius 3 is 1.25 bits per heavy atom. The molecule has 2 aromatic rings. The molecule has 14 heteroatoms. The molecule has 2 saturated heterocycles. The number of benzene rings is 2. The fourth-order valence-electron chi connectivity index (χ4n) is 5.05. The number of rotatable bonds is 10. The number of ether oxygens (including phenoxy) is 2. The van der Waals surface area contributed by atoms with Crippen molar-refractivity contribution in [3.63, 3.8) is 0 Å². The van der Waals surface area contributed by atoms with Crippen LogP contribution in [0.15, 0.2) is 60.7 Å². The van der Waals surface area contributed by atoms with E-state index in [-0.39, 0.29) is 48.1 Å². The summed E-state index contributed by atoms with van der Waals surface area (Å²) in [6, 6.07) is 17.0. The van der Waals surface area contributed by atoms with Gasteiger partial charge in [0.25, 0.3) is 0 Å². The summed E-state index contributed by atoms with van der Waals surface area (Å²) in [4.78, 5) is 78.1. The Bertz CT molecular complexity index is 1470. The van der Waals surface area contributed by atoms with Crippen LogP contribution in [0.25, 0.3) is 0 Å². The van der Waals surface area contributed by atoms with Gasteiger partial charge >= 0.3 is 11.9 Å². The topological polar surface area (TPSA) is 151 Å². The largest absolute Gasteiger partial charge is 0.465 e. The summed E-state index contributed by atoms with van der Waals surface area (Å²) >= 11 is 9.98. The van der Waals surface area contributed by atoms with Gasteiger partial charge in [-0.2, -0.15) is 0 Å². The number of carbonyl (C=O) groups excluding carboxylic acids is 6. The Labute approximate surface area is 290 Å². The molecule has 0 radical (unpaired) electrons. The zero-order valence-corrected chi connectivity index (χ0v) is 29.4. The minimum atomic E-state index is -1.67. The molecule has 4 amide bonds. The summed E-state index contributed by atoms with van der Waals surface area (Å²) in [6.45, 7) is 8.09. The summed E-state index contributed by atoms with van der Waals surface area (Å²) in [5, 5.41) is 5.06. The first-order valence-corrected chi connectivity index (χ1v) is 16.1. The number of hydrogen-bond acceptors (Lipinski definition) is 10. The number of hydrogen-bond donors (Lipinski definition) is 2. The van der Waals surface area contributed by atoms with E-state index in [0.717, 1.165) is 0 Å². The number of likely N-dealkylation sites (N-methyl/N-ethyl adjacent to an activating group) is 2. The second-order valence-corrected chi connectivity index (χ2v) is 13.1. The minimum absolute atomic E-state index is 0.0205. The molecule has 12 nitrogen and oxygen atoms in total. The molecular weight excluding hydrogens is 657 g/mol. The van der Waals surface area contributed by atoms with Crippen molar-refractivity contribution in [2.75, 3.05) is 27.3 Å². The Hall–Kier alpha value is -4.56. The summed E-state index contributed by atoms with van der Waals surface area (Å²) < 4.78 is 10.4. The Morgan fingerprint density at radius 2 is 0.958 bits per heavy atom. The van der Waals surface area contributed by atoms with Gasteiger partial charge < -0.3 is 20.1 Å². The molecule has 0 spiro atoms. The maximum atomic E-state index is 12.9. The molecule has 2 heterocycles. The Morgan fingerprint density at radius 1 is 0.646 bits per heavy atom. The van der Waals surface area contributed by atoms with Gasteiger partial charge in [0, 0.05) is 14.1 Å². The SMILES string of the molecule is CC(C)COC(=O)CC1(c2ccccc2)C(=O)NC(=S)N(C)C1=O.CC(C)COC(=O)CC1(c2ccccc2)C(=O)NC(=S)N(C)C1=O. The highest BCUT2D eigenvalue weighted by atomic mass is 32.1. The second-order valence-electron chi connectivity index (χ2n) is 12.3. The summed E-state index contributed by atoms with van der Waals surface area (Å²) in [5.41, 5.74) is -2.48. The highest BCUT2D eigenvalue weighted by Crippen LogP contribution is 2.35. The van der Waals surface area contributed by atoms with Gasteiger partial charge in [-0.05, 0) is 47.4 Å². The quantitative estimate of drug-likeness (QED) is 0.216. The highest BCUT2D eigenvalue weighted by molar-refractivity contribution is 7.80. The molecule has 0 aliphatic carbocycles. The van der Waals surface area contributed by atoms with Crippen LogP contribution in [0.5, 0.6) is 0 Å². The van der Waals surface area contributed by atoms with Crippen molar-refractivity contribution >= 4 is 70.2 Å². The van der Waals surface area contributed by atoms with Gasteiger partial charge in [-0.3, -0.25) is 38.6 Å². The van der Waals surface area contributed by atoms with Crippen LogP contribution in [0.4, 0.5) is 0 Å². The van der Waals surface area contributed by atoms with Crippen molar-refractivity contribution < 1.29 is 38.2 Å². The van der Waals surface area contributed by atoms with Crippen molar-refractivity contribution in [3.05, 3.63) is 71.8 Å². The number of nitrogens with one attached hydrogen (secondary N) is 2. The maximum absolute atomic E-state index is 12.9. The molecule has 48 heavy (non-hydrogen) atoms. The third kappa shape index (κ3) is 8.11. The van der Waals surface area contributed by atoms with Crippen LogP contribution in [0, 0.1) is 11.8 Å². The molecule has 2 aromatic carbocycles. The first-order chi connectivity index (χ1) is 22.6. The van der Waals surface area contributed by atoms with E-state index in [1.54, 1.807) is 60.7 Å². The summed E-state index contributed by atoms with van der Waals surface area (Å²) in [5.74, 6) is -3.17. The van der Waals surface area contributed by atoms with Crippen molar-refractivity contribution in [3.8, 4) is 0 Å². The van der Waals surface area contributed by atoms with Gasteiger partial charge in [0.2, 0.25) is 23.6 Å². The lowest BCUT2D eigenvalue weighted by atomic mass is 9.74. The van der Waals surface area contributed by atoms with Crippen molar-refractivity contribution in [1.82, 2.24) is 20.4 Å². The van der Waals surface area contributed by atoms with E-state index in [1.807, 2.05) is 27.7 Å². The van der Waals surface area contributed by atoms with Crippen LogP contribution in [0.1, 0.15) is 51.7 Å². The molecular formula is C34H40N4O8S2. The van der Waals surface area contributed by atoms with E-state index in [2.05, 4.69) is 10.6 Å². The van der Waals surface area contributed by atoms with Crippen LogP contribution < -0.4 is 10.6 Å². The third-order valence-electron chi connectivity index (χ3n) is 7.67. The number of amides is 4. The van der Waals surface area contributed by atoms with Gasteiger partial charge in [0.05, 0.1) is 26.1 Å². The zero-order chi connectivity index (χ0) is 35.8. The number of nitrogens with zero attached hydrogens (tertiary/aromatic N) is 2. The molecule has 256 valence electrons. The maximum Gasteiger partial charge on any atom is 0.307 e. The van der Waals surface area contributed by atoms with E-state index < -0.39 is 46.4 Å². The van der Waals surface area contributed by atoms with Crippen LogP contribution in [-0.2, 0) is 49.1 Å². The molecule has 2 fully saturated rings. The average Bonchev–Trinajstić information content (AvgIpc) is 3.06. The molecule has 0 aromatic heterocycles. The first kappa shape index (κ1) is 37.9. The van der Waals surface area contributed by atoms with Crippen molar-refractivity contribution in [2.24, 2.45) is 11.8 Å². The predicted octanol–water partition coefficient (Wildman–Crippen LogP) is 2.77. The molecule has 4 rings (SSSR count). The zero-order valence-electron chi connectivity index (χ0n) is 27.7. The molecule has 2 atom stereocenters. The smallest absolute Gasteiger partial charge is 0.307 e. The Balaban J connectivity index is 0.000000260. The highest BCUT2D eigenvalue weighted by Gasteiger charge is 2.56. The van der Waals surface area contributed by atoms with Gasteiger partial charge in [-0.15, -0.1) is 0 Å². The van der Waals surface area contributed by atoms with Crippen molar-refractivity contribution in [1.29, 1.82) is 0 Å². The van der Waals surface area contributed by atoms with Gasteiger partial charge in [0.1, 0.15) is 0 Å². The lowest BCUT2D eigenvalue weighted by Gasteiger charge is -2.39. The van der Waals surface area contributed by atoms with Crippen LogP contribution in [0.2, 0.25) is 0 Å². The predicted molar refractivity (Wildman–Crippen MR) is 184 cm³/mol. The normalized spacial score (nSPS) is 21.0. The molecule has 0 saturated carbocycles. The van der Waals surface area contributed by atoms with Gasteiger partial charge in [-0.25, -0.2) is 0 Å². The van der Waals surface area contributed by atoms with E-state index in [0.29, 0.717) is 11.1 Å². The molecule has 0 bridgehead atoms. The minimum Gasteiger partial charge on any atom is -0.465 e. The summed E-state index contributed by atoms with van der Waals surface area (Å²) in [6.07, 6.45) is -0.747. The number of thiocarbonyl (C=S) groups is 2. The Kier molecular flexibility index (Phi) is 12.7. The fourth-order valence-corrected chi connectivity index (χ4v) is 5.40. The molecule has 2 N–H and O–H groups in total. The van der Waals surface area contributed by atoms with E-state index >= 15 is 0 Å². The van der Waals surface area contributed by atoms with Crippen molar-refractivity contribution in [2.45, 2.75) is 51.4 Å². The van der Waals surface area contributed by atoms with E-state index in [9.17, 15) is 28.8 Å². The van der Waals surface area contributed by atoms with E-state index in [4.69, 9.17) is 33.9 Å². The van der Waals surface area contributed by atoms with Gasteiger partial charge in [-0.1, -0.05) is 88.4 Å². The molecule has 2 unspecified atom stereocenters. The van der Waals surface area contributed by atoms with Crippen LogP contribution in [-0.4, -0.2) is 82.9 Å². The van der Waals surface area contributed by atoms with E-state index in [1.165, 1.54) is 23.9 Å². The first-order valence-electron chi connectivity index (χ1n) is 15.3. The number of esters is 2. The average molecular weight is 697 g/mol. The second kappa shape index (κ2) is 16.0. The van der Waals surface area contributed by atoms with Crippen LogP contribution in [0.3, 0.4) is 0 Å². The lowest BCUT2D eigenvalue weighted by Crippen LogP contribution is -2.65. The monoisotopic (exact) mass is 696 g/mol. The van der Waals surface area contributed by atoms with Gasteiger partial charge in [0.15, 0.2) is 21.1 Å². The fraction of sp³-hybridized carbons (Fsp3) is 0.412. The summed E-state index contributed by atoms with van der Waals surface area (Å²) in [7, 11) is 2.95. The standard InChI is InChI=1S/2C17H20N2O4S/c2*1-11(2)10-23-13(20)9-17(12-7-5-4-6-8-12)14(21)18-16(24)19(3)15(17)22/h2*4-8,11H,9-10H2,1-3H3,(H,18,21,24). The lowest BCUT2D eigenvalue weighted by molar-refractivity contribution is -0.154.